The standard InChI is InChI=1S/C28H25NO4/c1-4-29-16-20(22-10-5-6-11-24(22)29)15-26-27(30)23-12-13-25(18(2)28(23)33-26)32-17-19-8-7-9-21(14-19)31-3/h5-16H,4,17H2,1-3H3/b26-15+. The highest BCUT2D eigenvalue weighted by Crippen LogP contribution is 2.40. The van der Waals surface area contributed by atoms with Gasteiger partial charge in [-0.05, 0) is 55.8 Å². The van der Waals surface area contributed by atoms with Crippen LogP contribution < -0.4 is 14.2 Å². The van der Waals surface area contributed by atoms with E-state index in [1.54, 1.807) is 13.2 Å². The number of aromatic nitrogens is 1. The van der Waals surface area contributed by atoms with Gasteiger partial charge in [-0.25, -0.2) is 0 Å². The second-order valence-corrected chi connectivity index (χ2v) is 8.03. The second kappa shape index (κ2) is 8.51. The number of benzene rings is 3. The maximum absolute atomic E-state index is 13.1. The summed E-state index contributed by atoms with van der Waals surface area (Å²) in [5.41, 5.74) is 4.48. The van der Waals surface area contributed by atoms with Crippen LogP contribution in [-0.4, -0.2) is 17.5 Å². The predicted octanol–water partition coefficient (Wildman–Crippen LogP) is 6.17. The molecule has 0 unspecified atom stereocenters. The molecule has 166 valence electrons. The number of carbonyl (C=O) groups is 1. The van der Waals surface area contributed by atoms with Gasteiger partial charge in [-0.2, -0.15) is 0 Å². The normalized spacial score (nSPS) is 13.9. The number of allylic oxidation sites excluding steroid dienone is 1. The summed E-state index contributed by atoms with van der Waals surface area (Å²) in [5.74, 6) is 2.26. The zero-order chi connectivity index (χ0) is 22.9. The van der Waals surface area contributed by atoms with E-state index in [0.717, 1.165) is 39.9 Å². The average Bonchev–Trinajstić information content (AvgIpc) is 3.37. The van der Waals surface area contributed by atoms with Crippen LogP contribution in [0.15, 0.2) is 72.6 Å². The molecule has 5 nitrogen and oxygen atoms in total. The van der Waals surface area contributed by atoms with E-state index in [-0.39, 0.29) is 5.78 Å². The molecule has 2 heterocycles. The number of hydrogen-bond donors (Lipinski definition) is 0. The Balaban J connectivity index is 1.42. The van der Waals surface area contributed by atoms with E-state index in [1.807, 2.05) is 55.5 Å². The Morgan fingerprint density at radius 1 is 1.06 bits per heavy atom. The number of para-hydroxylation sites is 1. The fraction of sp³-hybridized carbons (Fsp3) is 0.179. The van der Waals surface area contributed by atoms with Crippen molar-refractivity contribution in [2.75, 3.05) is 7.11 Å². The molecule has 1 aliphatic rings. The third kappa shape index (κ3) is 3.76. The van der Waals surface area contributed by atoms with Crippen LogP contribution in [0.5, 0.6) is 17.2 Å². The van der Waals surface area contributed by atoms with Crippen molar-refractivity contribution in [2.45, 2.75) is 27.0 Å². The molecule has 5 rings (SSSR count). The second-order valence-electron chi connectivity index (χ2n) is 8.03. The lowest BCUT2D eigenvalue weighted by Crippen LogP contribution is -1.99. The lowest BCUT2D eigenvalue weighted by molar-refractivity contribution is 0.101. The highest BCUT2D eigenvalue weighted by atomic mass is 16.5. The van der Waals surface area contributed by atoms with Gasteiger partial charge in [-0.15, -0.1) is 0 Å². The quantitative estimate of drug-likeness (QED) is 0.337. The van der Waals surface area contributed by atoms with Crippen LogP contribution in [0.3, 0.4) is 0 Å². The summed E-state index contributed by atoms with van der Waals surface area (Å²) >= 11 is 0. The molecule has 0 bridgehead atoms. The van der Waals surface area contributed by atoms with E-state index in [2.05, 4.69) is 29.8 Å². The monoisotopic (exact) mass is 439 g/mol. The molecule has 0 spiro atoms. The molecule has 1 aromatic heterocycles. The van der Waals surface area contributed by atoms with Gasteiger partial charge in [0, 0.05) is 34.8 Å². The fourth-order valence-corrected chi connectivity index (χ4v) is 4.24. The fourth-order valence-electron chi connectivity index (χ4n) is 4.24. The molecular formula is C28H25NO4. The number of carbonyl (C=O) groups excluding carboxylic acids is 1. The maximum atomic E-state index is 13.1. The Labute approximate surface area is 192 Å². The van der Waals surface area contributed by atoms with Crippen LogP contribution >= 0.6 is 0 Å². The van der Waals surface area contributed by atoms with Crippen LogP contribution in [0.4, 0.5) is 0 Å². The summed E-state index contributed by atoms with van der Waals surface area (Å²) < 4.78 is 19.6. The summed E-state index contributed by atoms with van der Waals surface area (Å²) in [7, 11) is 1.64. The molecule has 4 aromatic rings. The van der Waals surface area contributed by atoms with Crippen LogP contribution in [-0.2, 0) is 13.2 Å². The first-order chi connectivity index (χ1) is 16.1. The molecule has 0 atom stereocenters. The Kier molecular flexibility index (Phi) is 5.38. The van der Waals surface area contributed by atoms with Crippen molar-refractivity contribution in [1.82, 2.24) is 4.57 Å². The Morgan fingerprint density at radius 2 is 1.91 bits per heavy atom. The van der Waals surface area contributed by atoms with Crippen LogP contribution in [0.1, 0.15) is 34.0 Å². The van der Waals surface area contributed by atoms with Crippen LogP contribution in [0, 0.1) is 6.92 Å². The summed E-state index contributed by atoms with van der Waals surface area (Å²) in [6.45, 7) is 5.27. The predicted molar refractivity (Wildman–Crippen MR) is 129 cm³/mol. The van der Waals surface area contributed by atoms with Crippen LogP contribution in [0.25, 0.3) is 17.0 Å². The number of ketones is 1. The minimum Gasteiger partial charge on any atom is -0.497 e. The van der Waals surface area contributed by atoms with Crippen LogP contribution in [0.2, 0.25) is 0 Å². The zero-order valence-corrected chi connectivity index (χ0v) is 18.9. The summed E-state index contributed by atoms with van der Waals surface area (Å²) in [6, 6.07) is 19.6. The Bertz CT molecular complexity index is 1400. The number of ether oxygens (including phenoxy) is 3. The van der Waals surface area contributed by atoms with Gasteiger partial charge in [-0.1, -0.05) is 30.3 Å². The third-order valence-electron chi connectivity index (χ3n) is 6.01. The highest BCUT2D eigenvalue weighted by molar-refractivity contribution is 6.15. The number of methoxy groups -OCH3 is 1. The summed E-state index contributed by atoms with van der Waals surface area (Å²) in [5, 5.41) is 1.10. The number of nitrogens with zero attached hydrogens (tertiary/aromatic N) is 1. The molecule has 33 heavy (non-hydrogen) atoms. The van der Waals surface area contributed by atoms with Crippen molar-refractivity contribution >= 4 is 22.8 Å². The smallest absolute Gasteiger partial charge is 0.231 e. The lowest BCUT2D eigenvalue weighted by Gasteiger charge is -2.12. The summed E-state index contributed by atoms with van der Waals surface area (Å²) in [4.78, 5) is 13.1. The molecule has 0 saturated heterocycles. The van der Waals surface area contributed by atoms with Crippen molar-refractivity contribution in [1.29, 1.82) is 0 Å². The van der Waals surface area contributed by atoms with E-state index in [9.17, 15) is 4.79 Å². The molecule has 0 radical (unpaired) electrons. The highest BCUT2D eigenvalue weighted by Gasteiger charge is 2.30. The minimum absolute atomic E-state index is 0.110. The minimum atomic E-state index is -0.110. The number of aryl methyl sites for hydroxylation is 1. The summed E-state index contributed by atoms with van der Waals surface area (Å²) in [6.07, 6.45) is 3.90. The number of hydrogen-bond acceptors (Lipinski definition) is 4. The first-order valence-electron chi connectivity index (χ1n) is 11.0. The van der Waals surface area contributed by atoms with Gasteiger partial charge >= 0.3 is 0 Å². The third-order valence-corrected chi connectivity index (χ3v) is 6.01. The topological polar surface area (TPSA) is 49.7 Å². The largest absolute Gasteiger partial charge is 0.497 e. The molecule has 0 saturated carbocycles. The van der Waals surface area contributed by atoms with Crippen molar-refractivity contribution in [3.63, 3.8) is 0 Å². The first-order valence-corrected chi connectivity index (χ1v) is 11.0. The number of Topliss-reactive ketones (excluding diaryl/α,β-unsaturated/α-hetero) is 1. The van der Waals surface area contributed by atoms with Crippen molar-refractivity contribution in [3.8, 4) is 17.2 Å². The van der Waals surface area contributed by atoms with Gasteiger partial charge in [0.1, 0.15) is 23.9 Å². The molecule has 0 amide bonds. The molecule has 0 fully saturated rings. The SMILES string of the molecule is CCn1cc(/C=C2/Oc3c(ccc(OCc4cccc(OC)c4)c3C)C2=O)c2ccccc21. The van der Waals surface area contributed by atoms with Gasteiger partial charge in [0.05, 0.1) is 12.7 Å². The van der Waals surface area contributed by atoms with E-state index in [1.165, 1.54) is 0 Å². The van der Waals surface area contributed by atoms with E-state index in [0.29, 0.717) is 29.4 Å². The Morgan fingerprint density at radius 3 is 2.73 bits per heavy atom. The van der Waals surface area contributed by atoms with E-state index in [4.69, 9.17) is 14.2 Å². The lowest BCUT2D eigenvalue weighted by atomic mass is 10.1. The molecule has 3 aromatic carbocycles. The van der Waals surface area contributed by atoms with Gasteiger partial charge < -0.3 is 18.8 Å². The Hall–Kier alpha value is -3.99. The molecule has 0 aliphatic carbocycles. The molecular weight excluding hydrogens is 414 g/mol. The average molecular weight is 440 g/mol. The van der Waals surface area contributed by atoms with Gasteiger partial charge in [0.25, 0.3) is 0 Å². The van der Waals surface area contributed by atoms with Crippen molar-refractivity contribution < 1.29 is 19.0 Å². The molecule has 0 N–H and O–H groups in total. The van der Waals surface area contributed by atoms with Crippen molar-refractivity contribution in [2.24, 2.45) is 0 Å². The first kappa shape index (κ1) is 20.9. The van der Waals surface area contributed by atoms with Gasteiger partial charge in [0.15, 0.2) is 5.76 Å². The maximum Gasteiger partial charge on any atom is 0.231 e. The van der Waals surface area contributed by atoms with Gasteiger partial charge in [0.2, 0.25) is 5.78 Å². The van der Waals surface area contributed by atoms with Crippen molar-refractivity contribution in [3.05, 3.63) is 94.9 Å². The number of fused-ring (bicyclic) bond motifs is 2. The molecule has 5 heteroatoms. The van der Waals surface area contributed by atoms with E-state index >= 15 is 0 Å². The van der Waals surface area contributed by atoms with E-state index < -0.39 is 0 Å². The zero-order valence-electron chi connectivity index (χ0n) is 18.9. The van der Waals surface area contributed by atoms with Gasteiger partial charge in [-0.3, -0.25) is 4.79 Å². The molecule has 1 aliphatic heterocycles. The number of rotatable bonds is 6.